The topological polar surface area (TPSA) is 26.0 Å². The van der Waals surface area contributed by atoms with Crippen LogP contribution in [0.2, 0.25) is 10.0 Å². The van der Waals surface area contributed by atoms with Crippen LogP contribution in [0.4, 0.5) is 10.1 Å². The second-order valence-electron chi connectivity index (χ2n) is 3.70. The van der Waals surface area contributed by atoms with Gasteiger partial charge in [-0.15, -0.1) is 11.8 Å². The van der Waals surface area contributed by atoms with Gasteiger partial charge in [-0.3, -0.25) is 0 Å². The maximum atomic E-state index is 13.0. The van der Waals surface area contributed by atoms with Gasteiger partial charge in [0, 0.05) is 16.3 Å². The fourth-order valence-corrected chi connectivity index (χ4v) is 2.94. The molecule has 1 nitrogen and oxygen atoms in total. The number of anilines is 1. The van der Waals surface area contributed by atoms with Crippen molar-refractivity contribution >= 4 is 40.7 Å². The molecule has 0 unspecified atom stereocenters. The van der Waals surface area contributed by atoms with Crippen LogP contribution in [0.25, 0.3) is 0 Å². The smallest absolute Gasteiger partial charge is 0.141 e. The van der Waals surface area contributed by atoms with Gasteiger partial charge in [-0.2, -0.15) is 0 Å². The molecule has 18 heavy (non-hydrogen) atoms. The summed E-state index contributed by atoms with van der Waals surface area (Å²) in [5.74, 6) is 0.219. The van der Waals surface area contributed by atoms with Gasteiger partial charge in [-0.25, -0.2) is 4.39 Å². The lowest BCUT2D eigenvalue weighted by molar-refractivity contribution is 0.628. The van der Waals surface area contributed by atoms with Crippen LogP contribution in [0.15, 0.2) is 41.3 Å². The number of hydrogen-bond donors (Lipinski definition) is 1. The zero-order chi connectivity index (χ0) is 13.1. The number of nitrogens with two attached hydrogens (primary N) is 1. The summed E-state index contributed by atoms with van der Waals surface area (Å²) in [6.07, 6.45) is 0. The Hall–Kier alpha value is -0.900. The summed E-state index contributed by atoms with van der Waals surface area (Å²) in [4.78, 5) is 0.833. The lowest BCUT2D eigenvalue weighted by Crippen LogP contribution is -1.90. The predicted octanol–water partition coefficient (Wildman–Crippen LogP) is 5.01. The highest BCUT2D eigenvalue weighted by molar-refractivity contribution is 7.98. The van der Waals surface area contributed by atoms with Gasteiger partial charge in [0.25, 0.3) is 0 Å². The van der Waals surface area contributed by atoms with E-state index in [1.807, 2.05) is 0 Å². The summed E-state index contributed by atoms with van der Waals surface area (Å²) in [5.41, 5.74) is 7.41. The van der Waals surface area contributed by atoms with Crippen molar-refractivity contribution in [1.29, 1.82) is 0 Å². The molecule has 0 aromatic heterocycles. The minimum absolute atomic E-state index is 0.125. The molecule has 2 aromatic rings. The first-order valence-corrected chi connectivity index (χ1v) is 6.93. The normalized spacial score (nSPS) is 10.6. The van der Waals surface area contributed by atoms with Crippen molar-refractivity contribution in [3.8, 4) is 0 Å². The molecule has 0 bridgehead atoms. The first-order chi connectivity index (χ1) is 8.58. The molecule has 0 radical (unpaired) electrons. The lowest BCUT2D eigenvalue weighted by Gasteiger charge is -2.07. The standard InChI is InChI=1S/C13H10Cl2FNS/c14-9-2-1-3-12(17)13(9)18-7-8-4-5-11(16)10(15)6-8/h1-6H,7,17H2. The van der Waals surface area contributed by atoms with Gasteiger partial charge in [0.05, 0.1) is 10.0 Å². The van der Waals surface area contributed by atoms with Crippen molar-refractivity contribution < 1.29 is 4.39 Å². The molecule has 0 saturated carbocycles. The van der Waals surface area contributed by atoms with E-state index in [2.05, 4.69) is 0 Å². The zero-order valence-corrected chi connectivity index (χ0v) is 11.6. The average Bonchev–Trinajstić information content (AvgIpc) is 2.33. The molecule has 0 heterocycles. The van der Waals surface area contributed by atoms with E-state index in [-0.39, 0.29) is 5.02 Å². The third-order valence-electron chi connectivity index (χ3n) is 2.36. The highest BCUT2D eigenvalue weighted by Gasteiger charge is 2.07. The number of halogens is 3. The van der Waals surface area contributed by atoms with Crippen LogP contribution < -0.4 is 5.73 Å². The zero-order valence-electron chi connectivity index (χ0n) is 9.29. The first kappa shape index (κ1) is 13.5. The van der Waals surface area contributed by atoms with Gasteiger partial charge in [0.15, 0.2) is 0 Å². The summed E-state index contributed by atoms with van der Waals surface area (Å²) < 4.78 is 13.0. The first-order valence-electron chi connectivity index (χ1n) is 5.18. The van der Waals surface area contributed by atoms with Gasteiger partial charge in [0.2, 0.25) is 0 Å². The molecule has 5 heteroatoms. The molecule has 0 amide bonds. The van der Waals surface area contributed by atoms with Crippen molar-refractivity contribution in [3.05, 3.63) is 57.8 Å². The minimum Gasteiger partial charge on any atom is -0.398 e. The van der Waals surface area contributed by atoms with E-state index in [1.54, 1.807) is 30.3 Å². The third kappa shape index (κ3) is 3.10. The van der Waals surface area contributed by atoms with Gasteiger partial charge in [0.1, 0.15) is 5.82 Å². The Morgan fingerprint density at radius 3 is 2.56 bits per heavy atom. The van der Waals surface area contributed by atoms with E-state index in [1.165, 1.54) is 17.8 Å². The Balaban J connectivity index is 2.14. The van der Waals surface area contributed by atoms with Crippen LogP contribution in [-0.2, 0) is 5.75 Å². The Kier molecular flexibility index (Phi) is 4.38. The second-order valence-corrected chi connectivity index (χ2v) is 5.50. The molecule has 0 aliphatic rings. The van der Waals surface area contributed by atoms with Crippen molar-refractivity contribution in [1.82, 2.24) is 0 Å². The molecule has 2 rings (SSSR count). The summed E-state index contributed by atoms with van der Waals surface area (Å²) in [5, 5.41) is 0.744. The summed E-state index contributed by atoms with van der Waals surface area (Å²) in [7, 11) is 0. The van der Waals surface area contributed by atoms with Crippen LogP contribution >= 0.6 is 35.0 Å². The molecule has 0 saturated heterocycles. The van der Waals surface area contributed by atoms with Crippen molar-refractivity contribution in [2.24, 2.45) is 0 Å². The third-order valence-corrected chi connectivity index (χ3v) is 4.30. The molecule has 0 aliphatic heterocycles. The maximum absolute atomic E-state index is 13.0. The molecular weight excluding hydrogens is 292 g/mol. The second kappa shape index (κ2) is 5.83. The van der Waals surface area contributed by atoms with Crippen molar-refractivity contribution in [2.75, 3.05) is 5.73 Å². The Morgan fingerprint density at radius 1 is 1.11 bits per heavy atom. The fourth-order valence-electron chi connectivity index (χ4n) is 1.46. The number of nitrogen functional groups attached to an aromatic ring is 1. The molecule has 2 N–H and O–H groups in total. The molecule has 0 aliphatic carbocycles. The van der Waals surface area contributed by atoms with Crippen molar-refractivity contribution in [2.45, 2.75) is 10.6 Å². The Morgan fingerprint density at radius 2 is 1.89 bits per heavy atom. The van der Waals surface area contributed by atoms with Gasteiger partial charge in [-0.05, 0) is 29.8 Å². The Bertz CT molecular complexity index is 555. The van der Waals surface area contributed by atoms with Gasteiger partial charge < -0.3 is 5.73 Å². The summed E-state index contributed by atoms with van der Waals surface area (Å²) in [6, 6.07) is 10.0. The average molecular weight is 302 g/mol. The maximum Gasteiger partial charge on any atom is 0.141 e. The monoisotopic (exact) mass is 301 g/mol. The van der Waals surface area contributed by atoms with Crippen molar-refractivity contribution in [3.63, 3.8) is 0 Å². The number of thioether (sulfide) groups is 1. The van der Waals surface area contributed by atoms with E-state index in [9.17, 15) is 4.39 Å². The number of hydrogen-bond acceptors (Lipinski definition) is 2. The largest absolute Gasteiger partial charge is 0.398 e. The van der Waals surface area contributed by atoms with Gasteiger partial charge >= 0.3 is 0 Å². The fraction of sp³-hybridized carbons (Fsp3) is 0.0769. The molecule has 0 spiro atoms. The van der Waals surface area contributed by atoms with Crippen LogP contribution in [0, 0.1) is 5.82 Å². The van der Waals surface area contributed by atoms with E-state index < -0.39 is 5.82 Å². The van der Waals surface area contributed by atoms with Crippen LogP contribution in [0.1, 0.15) is 5.56 Å². The van der Waals surface area contributed by atoms with E-state index in [4.69, 9.17) is 28.9 Å². The van der Waals surface area contributed by atoms with E-state index in [0.29, 0.717) is 16.5 Å². The number of benzene rings is 2. The molecule has 0 fully saturated rings. The molecule has 94 valence electrons. The SMILES string of the molecule is Nc1cccc(Cl)c1SCc1ccc(F)c(Cl)c1. The van der Waals surface area contributed by atoms with Crippen LogP contribution in [-0.4, -0.2) is 0 Å². The number of rotatable bonds is 3. The summed E-state index contributed by atoms with van der Waals surface area (Å²) in [6.45, 7) is 0. The minimum atomic E-state index is -0.414. The lowest BCUT2D eigenvalue weighted by atomic mass is 10.2. The van der Waals surface area contributed by atoms with Crippen LogP contribution in [0.3, 0.4) is 0 Å². The van der Waals surface area contributed by atoms with E-state index >= 15 is 0 Å². The Labute approximate surface area is 119 Å². The highest BCUT2D eigenvalue weighted by atomic mass is 35.5. The molecular formula is C13H10Cl2FNS. The van der Waals surface area contributed by atoms with Crippen LogP contribution in [0.5, 0.6) is 0 Å². The van der Waals surface area contributed by atoms with Gasteiger partial charge in [-0.1, -0.05) is 35.3 Å². The highest BCUT2D eigenvalue weighted by Crippen LogP contribution is 2.34. The predicted molar refractivity (Wildman–Crippen MR) is 76.8 cm³/mol. The molecule has 2 aromatic carbocycles. The summed E-state index contributed by atoms with van der Waals surface area (Å²) >= 11 is 13.3. The van der Waals surface area contributed by atoms with E-state index in [0.717, 1.165) is 10.5 Å². The quantitative estimate of drug-likeness (QED) is 0.637. The molecule has 0 atom stereocenters.